The van der Waals surface area contributed by atoms with E-state index in [1.807, 2.05) is 0 Å². The number of methoxy groups -OCH3 is 2. The van der Waals surface area contributed by atoms with Crippen molar-refractivity contribution < 1.29 is 19.0 Å². The van der Waals surface area contributed by atoms with Crippen LogP contribution in [0.15, 0.2) is 12.1 Å². The SMILES string of the molecule is COCCOc1cc(Cl)c(C(=O)OC)cc1P(C)C. The van der Waals surface area contributed by atoms with Crippen molar-refractivity contribution in [3.8, 4) is 5.75 Å². The number of rotatable bonds is 6. The number of halogens is 1. The van der Waals surface area contributed by atoms with E-state index in [2.05, 4.69) is 13.3 Å². The molecule has 0 N–H and O–H groups in total. The molecular formula is C13H18ClO4P. The monoisotopic (exact) mass is 304 g/mol. The van der Waals surface area contributed by atoms with Crippen LogP contribution in [-0.2, 0) is 9.47 Å². The van der Waals surface area contributed by atoms with E-state index in [0.717, 1.165) is 5.30 Å². The van der Waals surface area contributed by atoms with Crippen LogP contribution in [0.4, 0.5) is 0 Å². The van der Waals surface area contributed by atoms with Gasteiger partial charge in [-0.3, -0.25) is 0 Å². The predicted molar refractivity (Wildman–Crippen MR) is 78.6 cm³/mol. The lowest BCUT2D eigenvalue weighted by Gasteiger charge is -2.16. The van der Waals surface area contributed by atoms with Gasteiger partial charge in [-0.2, -0.15) is 0 Å². The molecule has 0 aliphatic heterocycles. The Hall–Kier alpha value is -0.830. The Morgan fingerprint density at radius 3 is 2.47 bits per heavy atom. The van der Waals surface area contributed by atoms with E-state index in [1.54, 1.807) is 19.2 Å². The van der Waals surface area contributed by atoms with E-state index in [9.17, 15) is 4.79 Å². The summed E-state index contributed by atoms with van der Waals surface area (Å²) >= 11 is 6.09. The van der Waals surface area contributed by atoms with E-state index in [4.69, 9.17) is 25.8 Å². The molecule has 0 saturated heterocycles. The highest BCUT2D eigenvalue weighted by molar-refractivity contribution is 7.64. The van der Waals surface area contributed by atoms with Crippen molar-refractivity contribution in [2.24, 2.45) is 0 Å². The summed E-state index contributed by atoms with van der Waals surface area (Å²) in [6.45, 7) is 5.12. The standard InChI is InChI=1S/C13H18ClO4P/c1-16-5-6-18-11-8-10(14)9(13(15)17-2)7-12(11)19(3)4/h7-8H,5-6H2,1-4H3. The molecule has 4 nitrogen and oxygen atoms in total. The maximum absolute atomic E-state index is 11.6. The third kappa shape index (κ3) is 4.34. The fourth-order valence-corrected chi connectivity index (χ4v) is 2.70. The number of benzene rings is 1. The summed E-state index contributed by atoms with van der Waals surface area (Å²) in [6.07, 6.45) is 0. The summed E-state index contributed by atoms with van der Waals surface area (Å²) < 4.78 is 15.3. The van der Waals surface area contributed by atoms with Crippen molar-refractivity contribution >= 4 is 30.8 Å². The van der Waals surface area contributed by atoms with Crippen LogP contribution >= 0.6 is 19.5 Å². The molecule has 0 aliphatic carbocycles. The minimum Gasteiger partial charge on any atom is -0.490 e. The predicted octanol–water partition coefficient (Wildman–Crippen LogP) is 2.52. The molecule has 19 heavy (non-hydrogen) atoms. The first-order valence-corrected chi connectivity index (χ1v) is 8.33. The molecular weight excluding hydrogens is 287 g/mol. The largest absolute Gasteiger partial charge is 0.490 e. The molecule has 106 valence electrons. The van der Waals surface area contributed by atoms with Gasteiger partial charge in [0.1, 0.15) is 12.4 Å². The second kappa shape index (κ2) is 7.68. The van der Waals surface area contributed by atoms with Gasteiger partial charge in [-0.25, -0.2) is 4.79 Å². The summed E-state index contributed by atoms with van der Waals surface area (Å²) in [5.41, 5.74) is 0.370. The zero-order valence-corrected chi connectivity index (χ0v) is 13.2. The van der Waals surface area contributed by atoms with Gasteiger partial charge in [0.2, 0.25) is 0 Å². The van der Waals surface area contributed by atoms with Crippen molar-refractivity contribution in [3.63, 3.8) is 0 Å². The molecule has 0 amide bonds. The quantitative estimate of drug-likeness (QED) is 0.460. The highest BCUT2D eigenvalue weighted by Crippen LogP contribution is 2.33. The van der Waals surface area contributed by atoms with Crippen molar-refractivity contribution in [3.05, 3.63) is 22.7 Å². The van der Waals surface area contributed by atoms with Crippen molar-refractivity contribution in [2.75, 3.05) is 40.8 Å². The summed E-state index contributed by atoms with van der Waals surface area (Å²) in [6, 6.07) is 3.42. The lowest BCUT2D eigenvalue weighted by atomic mass is 10.2. The molecule has 6 heteroatoms. The number of hydrogen-bond acceptors (Lipinski definition) is 4. The van der Waals surface area contributed by atoms with Crippen molar-refractivity contribution in [2.45, 2.75) is 0 Å². The van der Waals surface area contributed by atoms with Crippen LogP contribution in [-0.4, -0.2) is 46.7 Å². The first kappa shape index (κ1) is 16.2. The van der Waals surface area contributed by atoms with Gasteiger partial charge in [0.05, 0.1) is 24.3 Å². The zero-order valence-electron chi connectivity index (χ0n) is 11.5. The summed E-state index contributed by atoms with van der Waals surface area (Å²) in [4.78, 5) is 11.6. The van der Waals surface area contributed by atoms with Gasteiger partial charge < -0.3 is 14.2 Å². The third-order valence-corrected chi connectivity index (χ3v) is 4.11. The molecule has 0 bridgehead atoms. The fourth-order valence-electron chi connectivity index (χ4n) is 1.51. The lowest BCUT2D eigenvalue weighted by Crippen LogP contribution is -2.14. The second-order valence-electron chi connectivity index (χ2n) is 4.03. The number of carbonyl (C=O) groups excluding carboxylic acids is 1. The molecule has 0 aromatic heterocycles. The van der Waals surface area contributed by atoms with Gasteiger partial charge in [0.25, 0.3) is 0 Å². The zero-order chi connectivity index (χ0) is 14.4. The molecule has 1 rings (SSSR count). The lowest BCUT2D eigenvalue weighted by molar-refractivity contribution is 0.0601. The molecule has 1 aromatic carbocycles. The smallest absolute Gasteiger partial charge is 0.339 e. The molecule has 0 saturated carbocycles. The van der Waals surface area contributed by atoms with Crippen LogP contribution in [0.3, 0.4) is 0 Å². The second-order valence-corrected chi connectivity index (χ2v) is 6.70. The molecule has 0 heterocycles. The number of hydrogen-bond donors (Lipinski definition) is 0. The van der Waals surface area contributed by atoms with Gasteiger partial charge in [0, 0.05) is 18.5 Å². The van der Waals surface area contributed by atoms with Gasteiger partial charge in [0.15, 0.2) is 0 Å². The molecule has 0 unspecified atom stereocenters. The molecule has 0 radical (unpaired) electrons. The summed E-state index contributed by atoms with van der Waals surface area (Å²) in [5, 5.41) is 1.32. The minimum absolute atomic E-state index is 0.333. The van der Waals surface area contributed by atoms with Crippen LogP contribution in [0.25, 0.3) is 0 Å². The minimum atomic E-state index is -0.438. The highest BCUT2D eigenvalue weighted by atomic mass is 35.5. The summed E-state index contributed by atoms with van der Waals surface area (Å²) in [7, 11) is 2.52. The highest BCUT2D eigenvalue weighted by Gasteiger charge is 2.17. The van der Waals surface area contributed by atoms with Gasteiger partial charge in [-0.05, 0) is 19.4 Å². The van der Waals surface area contributed by atoms with Crippen LogP contribution in [0.5, 0.6) is 5.75 Å². The Morgan fingerprint density at radius 1 is 1.26 bits per heavy atom. The maximum atomic E-state index is 11.6. The normalized spacial score (nSPS) is 10.6. The average Bonchev–Trinajstić information content (AvgIpc) is 2.38. The first-order chi connectivity index (χ1) is 9.01. The first-order valence-electron chi connectivity index (χ1n) is 5.72. The Balaban J connectivity index is 3.10. The number of esters is 1. The number of carbonyl (C=O) groups is 1. The molecule has 1 aromatic rings. The van der Waals surface area contributed by atoms with Crippen LogP contribution in [0.2, 0.25) is 5.02 Å². The van der Waals surface area contributed by atoms with E-state index in [1.165, 1.54) is 7.11 Å². The van der Waals surface area contributed by atoms with Crippen LogP contribution in [0.1, 0.15) is 10.4 Å². The molecule has 0 atom stereocenters. The molecule has 0 aliphatic rings. The van der Waals surface area contributed by atoms with Gasteiger partial charge >= 0.3 is 5.97 Å². The Bertz CT molecular complexity index is 449. The van der Waals surface area contributed by atoms with E-state index >= 15 is 0 Å². The van der Waals surface area contributed by atoms with E-state index < -0.39 is 13.9 Å². The van der Waals surface area contributed by atoms with Crippen LogP contribution in [0, 0.1) is 0 Å². The van der Waals surface area contributed by atoms with Crippen LogP contribution < -0.4 is 10.0 Å². The Morgan fingerprint density at radius 2 is 1.95 bits per heavy atom. The van der Waals surface area contributed by atoms with Gasteiger partial charge in [-0.1, -0.05) is 19.5 Å². The van der Waals surface area contributed by atoms with Crippen molar-refractivity contribution in [1.29, 1.82) is 0 Å². The Labute approximate surface area is 119 Å². The molecule has 0 spiro atoms. The van der Waals surface area contributed by atoms with E-state index in [-0.39, 0.29) is 0 Å². The summed E-state index contributed by atoms with van der Waals surface area (Å²) in [5.74, 6) is 0.261. The van der Waals surface area contributed by atoms with Gasteiger partial charge in [-0.15, -0.1) is 0 Å². The number of ether oxygens (including phenoxy) is 3. The average molecular weight is 305 g/mol. The topological polar surface area (TPSA) is 44.8 Å². The maximum Gasteiger partial charge on any atom is 0.339 e. The fraction of sp³-hybridized carbons (Fsp3) is 0.462. The van der Waals surface area contributed by atoms with E-state index in [0.29, 0.717) is 29.5 Å². The Kier molecular flexibility index (Phi) is 6.56. The third-order valence-electron chi connectivity index (χ3n) is 2.48. The van der Waals surface area contributed by atoms with Crippen molar-refractivity contribution in [1.82, 2.24) is 0 Å². The molecule has 0 fully saturated rings.